The topological polar surface area (TPSA) is 63.3 Å². The number of rotatable bonds is 4. The first kappa shape index (κ1) is 11.1. The third-order valence-electron chi connectivity index (χ3n) is 3.49. The van der Waals surface area contributed by atoms with Gasteiger partial charge >= 0.3 is 5.97 Å². The van der Waals surface area contributed by atoms with E-state index in [0.29, 0.717) is 19.3 Å². The summed E-state index contributed by atoms with van der Waals surface area (Å²) in [6.45, 7) is 0. The predicted octanol–water partition coefficient (Wildman–Crippen LogP) is 1.81. The van der Waals surface area contributed by atoms with E-state index in [2.05, 4.69) is 0 Å². The van der Waals surface area contributed by atoms with Crippen LogP contribution >= 0.6 is 0 Å². The highest BCUT2D eigenvalue weighted by atomic mass is 16.4. The van der Waals surface area contributed by atoms with Crippen LogP contribution in [0, 0.1) is 5.41 Å². The van der Waals surface area contributed by atoms with Gasteiger partial charge in [-0.2, -0.15) is 0 Å². The number of benzene rings is 1. The van der Waals surface area contributed by atoms with Gasteiger partial charge < -0.3 is 10.8 Å². The van der Waals surface area contributed by atoms with Crippen LogP contribution in [-0.2, 0) is 11.2 Å². The lowest BCUT2D eigenvalue weighted by molar-refractivity contribution is -0.156. The fourth-order valence-electron chi connectivity index (χ4n) is 2.46. The molecule has 1 aromatic carbocycles. The largest absolute Gasteiger partial charge is 0.481 e. The number of carbonyl (C=O) groups is 1. The van der Waals surface area contributed by atoms with Crippen molar-refractivity contribution in [2.45, 2.75) is 31.7 Å². The maximum absolute atomic E-state index is 11.2. The predicted molar refractivity (Wildman–Crippen MR) is 62.0 cm³/mol. The third-order valence-corrected chi connectivity index (χ3v) is 3.49. The summed E-state index contributed by atoms with van der Waals surface area (Å²) in [4.78, 5) is 11.2. The van der Waals surface area contributed by atoms with Crippen molar-refractivity contribution in [2.75, 3.05) is 0 Å². The van der Waals surface area contributed by atoms with Crippen LogP contribution in [0.4, 0.5) is 0 Å². The molecule has 0 aromatic heterocycles. The molecule has 1 aliphatic rings. The van der Waals surface area contributed by atoms with E-state index >= 15 is 0 Å². The van der Waals surface area contributed by atoms with Crippen molar-refractivity contribution in [3.8, 4) is 0 Å². The lowest BCUT2D eigenvalue weighted by atomic mass is 9.63. The van der Waals surface area contributed by atoms with Gasteiger partial charge in [-0.25, -0.2) is 0 Å². The van der Waals surface area contributed by atoms with E-state index in [1.165, 1.54) is 5.56 Å². The van der Waals surface area contributed by atoms with Crippen LogP contribution < -0.4 is 5.73 Å². The van der Waals surface area contributed by atoms with E-state index in [0.717, 1.165) is 6.42 Å². The molecular formula is C13H17NO2. The van der Waals surface area contributed by atoms with E-state index in [9.17, 15) is 9.90 Å². The quantitative estimate of drug-likeness (QED) is 0.811. The molecule has 0 heterocycles. The first-order valence-corrected chi connectivity index (χ1v) is 5.65. The average molecular weight is 219 g/mol. The van der Waals surface area contributed by atoms with Gasteiger partial charge in [0.25, 0.3) is 0 Å². The zero-order chi connectivity index (χ0) is 11.6. The molecule has 0 unspecified atom stereocenters. The molecule has 0 bridgehead atoms. The smallest absolute Gasteiger partial charge is 0.309 e. The zero-order valence-electron chi connectivity index (χ0n) is 9.23. The van der Waals surface area contributed by atoms with Gasteiger partial charge in [-0.05, 0) is 31.2 Å². The standard InChI is InChI=1S/C13H17NO2/c14-11-8-13(9-11,12(15)16)7-6-10-4-2-1-3-5-10/h1-5,11H,6-9,14H2,(H,15,16). The Hall–Kier alpha value is -1.35. The van der Waals surface area contributed by atoms with Gasteiger partial charge in [0.2, 0.25) is 0 Å². The Morgan fingerprint density at radius 3 is 2.50 bits per heavy atom. The molecule has 1 aromatic rings. The van der Waals surface area contributed by atoms with Crippen LogP contribution in [-0.4, -0.2) is 17.1 Å². The zero-order valence-corrected chi connectivity index (χ0v) is 9.23. The van der Waals surface area contributed by atoms with Gasteiger partial charge in [-0.1, -0.05) is 30.3 Å². The Morgan fingerprint density at radius 2 is 2.00 bits per heavy atom. The minimum absolute atomic E-state index is 0.0758. The van der Waals surface area contributed by atoms with E-state index in [-0.39, 0.29) is 6.04 Å². The number of carboxylic acid groups (broad SMARTS) is 1. The molecule has 86 valence electrons. The third kappa shape index (κ3) is 2.09. The molecule has 1 aliphatic carbocycles. The minimum Gasteiger partial charge on any atom is -0.481 e. The van der Waals surface area contributed by atoms with Crippen LogP contribution in [0.3, 0.4) is 0 Å². The van der Waals surface area contributed by atoms with Crippen LogP contribution in [0.15, 0.2) is 30.3 Å². The van der Waals surface area contributed by atoms with Crippen molar-refractivity contribution in [1.29, 1.82) is 0 Å². The van der Waals surface area contributed by atoms with Crippen LogP contribution in [0.2, 0.25) is 0 Å². The van der Waals surface area contributed by atoms with Crippen molar-refractivity contribution in [3.05, 3.63) is 35.9 Å². The summed E-state index contributed by atoms with van der Waals surface area (Å²) in [6, 6.07) is 10.1. The van der Waals surface area contributed by atoms with Gasteiger partial charge in [0.05, 0.1) is 5.41 Å². The number of carboxylic acids is 1. The molecule has 0 saturated heterocycles. The molecule has 0 radical (unpaired) electrons. The fourth-order valence-corrected chi connectivity index (χ4v) is 2.46. The Labute approximate surface area is 95.3 Å². The Morgan fingerprint density at radius 1 is 1.38 bits per heavy atom. The molecule has 16 heavy (non-hydrogen) atoms. The van der Waals surface area contributed by atoms with Crippen LogP contribution in [0.5, 0.6) is 0 Å². The van der Waals surface area contributed by atoms with Crippen LogP contribution in [0.25, 0.3) is 0 Å². The lowest BCUT2D eigenvalue weighted by Crippen LogP contribution is -2.51. The highest BCUT2D eigenvalue weighted by molar-refractivity contribution is 5.76. The van der Waals surface area contributed by atoms with Crippen molar-refractivity contribution < 1.29 is 9.90 Å². The first-order valence-electron chi connectivity index (χ1n) is 5.65. The highest BCUT2D eigenvalue weighted by Crippen LogP contribution is 2.44. The highest BCUT2D eigenvalue weighted by Gasteiger charge is 2.48. The van der Waals surface area contributed by atoms with Crippen molar-refractivity contribution in [1.82, 2.24) is 0 Å². The summed E-state index contributed by atoms with van der Waals surface area (Å²) in [5, 5.41) is 9.22. The second-order valence-corrected chi connectivity index (χ2v) is 4.74. The number of hydrogen-bond donors (Lipinski definition) is 2. The molecule has 3 nitrogen and oxygen atoms in total. The monoisotopic (exact) mass is 219 g/mol. The van der Waals surface area contributed by atoms with E-state index in [1.54, 1.807) is 0 Å². The second kappa shape index (κ2) is 4.26. The van der Waals surface area contributed by atoms with Crippen molar-refractivity contribution >= 4 is 5.97 Å². The number of hydrogen-bond acceptors (Lipinski definition) is 2. The maximum Gasteiger partial charge on any atom is 0.309 e. The average Bonchev–Trinajstić information content (AvgIpc) is 2.23. The lowest BCUT2D eigenvalue weighted by Gasteiger charge is -2.42. The SMILES string of the molecule is NC1CC(CCc2ccccc2)(C(=O)O)C1. The number of aliphatic carboxylic acids is 1. The number of nitrogens with two attached hydrogens (primary N) is 1. The van der Waals surface area contributed by atoms with Gasteiger partial charge in [0.1, 0.15) is 0 Å². The molecule has 0 amide bonds. The fraction of sp³-hybridized carbons (Fsp3) is 0.462. The normalized spacial score (nSPS) is 28.4. The van der Waals surface area contributed by atoms with Gasteiger partial charge in [0, 0.05) is 6.04 Å². The summed E-state index contributed by atoms with van der Waals surface area (Å²) >= 11 is 0. The van der Waals surface area contributed by atoms with E-state index in [1.807, 2.05) is 30.3 Å². The molecule has 0 spiro atoms. The molecule has 0 aliphatic heterocycles. The number of aryl methyl sites for hydroxylation is 1. The first-order chi connectivity index (χ1) is 7.62. The molecule has 3 heteroatoms. The minimum atomic E-state index is -0.690. The molecule has 3 N–H and O–H groups in total. The van der Waals surface area contributed by atoms with E-state index in [4.69, 9.17) is 5.73 Å². The Kier molecular flexibility index (Phi) is 2.97. The Bertz CT molecular complexity index is 369. The van der Waals surface area contributed by atoms with Crippen molar-refractivity contribution in [2.24, 2.45) is 11.1 Å². The molecule has 1 fully saturated rings. The summed E-state index contributed by atoms with van der Waals surface area (Å²) in [6.07, 6.45) is 2.75. The summed E-state index contributed by atoms with van der Waals surface area (Å²) in [5.74, 6) is -0.690. The molecular weight excluding hydrogens is 202 g/mol. The van der Waals surface area contributed by atoms with Gasteiger partial charge in [-0.3, -0.25) is 4.79 Å². The molecule has 0 atom stereocenters. The van der Waals surface area contributed by atoms with Gasteiger partial charge in [-0.15, -0.1) is 0 Å². The summed E-state index contributed by atoms with van der Waals surface area (Å²) in [5.41, 5.74) is 6.34. The second-order valence-electron chi connectivity index (χ2n) is 4.74. The molecule has 1 saturated carbocycles. The van der Waals surface area contributed by atoms with Crippen LogP contribution in [0.1, 0.15) is 24.8 Å². The van der Waals surface area contributed by atoms with E-state index < -0.39 is 11.4 Å². The summed E-state index contributed by atoms with van der Waals surface area (Å²) < 4.78 is 0. The Balaban J connectivity index is 1.96. The van der Waals surface area contributed by atoms with Gasteiger partial charge in [0.15, 0.2) is 0 Å². The summed E-state index contributed by atoms with van der Waals surface area (Å²) in [7, 11) is 0. The maximum atomic E-state index is 11.2. The molecule has 2 rings (SSSR count). The van der Waals surface area contributed by atoms with Crippen molar-refractivity contribution in [3.63, 3.8) is 0 Å².